The fourth-order valence-corrected chi connectivity index (χ4v) is 4.11. The Bertz CT molecular complexity index is 1360. The Kier molecular flexibility index (Phi) is 7.78. The number of aryl methyl sites for hydroxylation is 1. The van der Waals surface area contributed by atoms with Crippen LogP contribution in [0.1, 0.15) is 48.7 Å². The van der Waals surface area contributed by atoms with Gasteiger partial charge in [0.25, 0.3) is 5.91 Å². The van der Waals surface area contributed by atoms with Gasteiger partial charge in [-0.15, -0.1) is 0 Å². The van der Waals surface area contributed by atoms with Crippen molar-refractivity contribution in [2.75, 3.05) is 6.61 Å². The van der Waals surface area contributed by atoms with Gasteiger partial charge in [-0.25, -0.2) is 10.4 Å². The van der Waals surface area contributed by atoms with Gasteiger partial charge in [-0.2, -0.15) is 5.10 Å². The summed E-state index contributed by atoms with van der Waals surface area (Å²) in [6.45, 7) is 6.67. The Morgan fingerprint density at radius 1 is 1.00 bits per heavy atom. The van der Waals surface area contributed by atoms with E-state index in [-0.39, 0.29) is 5.91 Å². The van der Waals surface area contributed by atoms with E-state index in [1.54, 1.807) is 12.1 Å². The van der Waals surface area contributed by atoms with Gasteiger partial charge in [0, 0.05) is 10.9 Å². The maximum absolute atomic E-state index is 13.3. The first-order valence-corrected chi connectivity index (χ1v) is 12.2. The number of aromatic nitrogens is 1. The molecular weight excluding hydrogens is 458 g/mol. The molecule has 0 bridgehead atoms. The average Bonchev–Trinajstić information content (AvgIpc) is 2.90. The van der Waals surface area contributed by atoms with E-state index in [1.165, 1.54) is 5.56 Å². The highest BCUT2D eigenvalue weighted by atomic mass is 35.5. The highest BCUT2D eigenvalue weighted by Gasteiger charge is 2.16. The first-order chi connectivity index (χ1) is 17.0. The van der Waals surface area contributed by atoms with E-state index >= 15 is 0 Å². The van der Waals surface area contributed by atoms with Crippen molar-refractivity contribution >= 4 is 34.1 Å². The molecule has 178 valence electrons. The van der Waals surface area contributed by atoms with Crippen molar-refractivity contribution in [3.8, 4) is 17.0 Å². The lowest BCUT2D eigenvalue weighted by molar-refractivity contribution is 0.0956. The fourth-order valence-electron chi connectivity index (χ4n) is 3.90. The van der Waals surface area contributed by atoms with E-state index < -0.39 is 0 Å². The number of carbonyl (C=O) groups excluding carboxylic acids is 1. The maximum atomic E-state index is 13.3. The van der Waals surface area contributed by atoms with Gasteiger partial charge in [-0.3, -0.25) is 4.79 Å². The predicted octanol–water partition coefficient (Wildman–Crippen LogP) is 7.06. The molecule has 0 aliphatic heterocycles. The van der Waals surface area contributed by atoms with Gasteiger partial charge in [-0.1, -0.05) is 61.8 Å². The largest absolute Gasteiger partial charge is 0.494 e. The molecule has 0 aliphatic carbocycles. The minimum absolute atomic E-state index is 0.317. The van der Waals surface area contributed by atoms with Gasteiger partial charge in [0.15, 0.2) is 0 Å². The zero-order valence-corrected chi connectivity index (χ0v) is 20.9. The lowest BCUT2D eigenvalue weighted by Crippen LogP contribution is -2.20. The zero-order chi connectivity index (χ0) is 24.8. The van der Waals surface area contributed by atoms with Crippen LogP contribution in [0.4, 0.5) is 0 Å². The van der Waals surface area contributed by atoms with Crippen LogP contribution in [0, 0.1) is 0 Å². The van der Waals surface area contributed by atoms with Crippen molar-refractivity contribution in [2.45, 2.75) is 33.6 Å². The first kappa shape index (κ1) is 24.4. The molecule has 0 saturated carbocycles. The molecular formula is C29H28ClN3O2. The summed E-state index contributed by atoms with van der Waals surface area (Å²) in [7, 11) is 0. The lowest BCUT2D eigenvalue weighted by atomic mass is 10.0. The summed E-state index contributed by atoms with van der Waals surface area (Å²) in [5.41, 5.74) is 8.34. The smallest absolute Gasteiger partial charge is 0.272 e. The molecule has 1 aromatic heterocycles. The van der Waals surface area contributed by atoms with Gasteiger partial charge in [0.05, 0.1) is 34.1 Å². The van der Waals surface area contributed by atoms with Crippen LogP contribution >= 0.6 is 11.6 Å². The van der Waals surface area contributed by atoms with Gasteiger partial charge >= 0.3 is 0 Å². The van der Waals surface area contributed by atoms with Crippen molar-refractivity contribution < 1.29 is 9.53 Å². The van der Waals surface area contributed by atoms with Crippen LogP contribution in [0.15, 0.2) is 77.9 Å². The average molecular weight is 486 g/mol. The minimum Gasteiger partial charge on any atom is -0.494 e. The molecule has 0 saturated heterocycles. The molecule has 4 aromatic rings. The van der Waals surface area contributed by atoms with E-state index in [9.17, 15) is 4.79 Å². The topological polar surface area (TPSA) is 63.6 Å². The molecule has 1 amide bonds. The van der Waals surface area contributed by atoms with E-state index in [2.05, 4.69) is 29.6 Å². The Hall–Kier alpha value is -3.70. The molecule has 0 aliphatic rings. The summed E-state index contributed by atoms with van der Waals surface area (Å²) in [4.78, 5) is 18.1. The number of fused-ring (bicyclic) bond motifs is 1. The van der Waals surface area contributed by atoms with Crippen LogP contribution in [0.5, 0.6) is 5.75 Å². The number of rotatable bonds is 8. The number of benzene rings is 3. The van der Waals surface area contributed by atoms with Crippen LogP contribution in [0.3, 0.4) is 0 Å². The van der Waals surface area contributed by atoms with Gasteiger partial charge < -0.3 is 4.74 Å². The number of nitrogens with zero attached hydrogens (tertiary/aromatic N) is 2. The molecule has 1 heterocycles. The number of amides is 1. The number of hydrazone groups is 1. The molecule has 0 radical (unpaired) electrons. The summed E-state index contributed by atoms with van der Waals surface area (Å²) in [6, 6.07) is 23.1. The molecule has 1 N–H and O–H groups in total. The number of pyridine rings is 1. The van der Waals surface area contributed by atoms with Crippen LogP contribution in [0.2, 0.25) is 5.02 Å². The van der Waals surface area contributed by atoms with Crippen LogP contribution in [-0.2, 0) is 6.42 Å². The van der Waals surface area contributed by atoms with E-state index in [1.807, 2.05) is 62.4 Å². The third-order valence-corrected chi connectivity index (χ3v) is 6.12. The SMILES string of the molecule is CCOc1ccc(C(CC)=NNC(=O)c2cc(-c3ccc(CC)cc3)nc3c(Cl)cccc23)cc1. The number of nitrogens with one attached hydrogen (secondary N) is 1. The molecule has 4 rings (SSSR count). The molecule has 0 fully saturated rings. The van der Waals surface area contributed by atoms with Gasteiger partial charge in [0.2, 0.25) is 0 Å². The molecule has 0 unspecified atom stereocenters. The fraction of sp³-hybridized carbons (Fsp3) is 0.207. The summed E-state index contributed by atoms with van der Waals surface area (Å²) in [5.74, 6) is 0.485. The number of halogens is 1. The summed E-state index contributed by atoms with van der Waals surface area (Å²) in [5, 5.41) is 5.62. The summed E-state index contributed by atoms with van der Waals surface area (Å²) < 4.78 is 5.51. The molecule has 6 heteroatoms. The molecule has 5 nitrogen and oxygen atoms in total. The summed E-state index contributed by atoms with van der Waals surface area (Å²) >= 11 is 6.47. The van der Waals surface area contributed by atoms with Crippen molar-refractivity contribution in [3.05, 3.63) is 94.5 Å². The molecule has 35 heavy (non-hydrogen) atoms. The van der Waals surface area contributed by atoms with Crippen molar-refractivity contribution in [1.29, 1.82) is 0 Å². The second-order valence-corrected chi connectivity index (χ2v) is 8.46. The van der Waals surface area contributed by atoms with Crippen molar-refractivity contribution in [2.24, 2.45) is 5.10 Å². The van der Waals surface area contributed by atoms with E-state index in [4.69, 9.17) is 21.3 Å². The zero-order valence-electron chi connectivity index (χ0n) is 20.1. The van der Waals surface area contributed by atoms with Crippen LogP contribution < -0.4 is 10.2 Å². The number of hydrogen-bond donors (Lipinski definition) is 1. The van der Waals surface area contributed by atoms with E-state index in [0.717, 1.165) is 29.0 Å². The van der Waals surface area contributed by atoms with E-state index in [0.29, 0.717) is 40.2 Å². The summed E-state index contributed by atoms with van der Waals surface area (Å²) in [6.07, 6.45) is 1.61. The van der Waals surface area contributed by atoms with Gasteiger partial charge in [0.1, 0.15) is 5.75 Å². The van der Waals surface area contributed by atoms with Crippen LogP contribution in [0.25, 0.3) is 22.2 Å². The monoisotopic (exact) mass is 485 g/mol. The van der Waals surface area contributed by atoms with Crippen molar-refractivity contribution in [1.82, 2.24) is 10.4 Å². The number of ether oxygens (including phenoxy) is 1. The normalized spacial score (nSPS) is 11.5. The number of hydrogen-bond acceptors (Lipinski definition) is 4. The standard InChI is InChI=1S/C29H28ClN3O2/c1-4-19-10-12-21(13-11-19)27-18-24(23-8-7-9-25(30)28(23)31-27)29(34)33-32-26(5-2)20-14-16-22(17-15-20)35-6-3/h7-18H,4-6H2,1-3H3,(H,33,34). The second kappa shape index (κ2) is 11.2. The Morgan fingerprint density at radius 3 is 2.40 bits per heavy atom. The molecule has 0 atom stereocenters. The van der Waals surface area contributed by atoms with Gasteiger partial charge in [-0.05, 0) is 67.3 Å². The highest BCUT2D eigenvalue weighted by Crippen LogP contribution is 2.29. The minimum atomic E-state index is -0.317. The third kappa shape index (κ3) is 5.52. The lowest BCUT2D eigenvalue weighted by Gasteiger charge is -2.11. The Morgan fingerprint density at radius 2 is 1.74 bits per heavy atom. The highest BCUT2D eigenvalue weighted by molar-refractivity contribution is 6.35. The van der Waals surface area contributed by atoms with Crippen LogP contribution in [-0.4, -0.2) is 23.2 Å². The number of carbonyl (C=O) groups is 1. The Labute approximate surface area is 210 Å². The quantitative estimate of drug-likeness (QED) is 0.214. The number of para-hydroxylation sites is 1. The predicted molar refractivity (Wildman–Crippen MR) is 143 cm³/mol. The molecule has 3 aromatic carbocycles. The third-order valence-electron chi connectivity index (χ3n) is 5.82. The first-order valence-electron chi connectivity index (χ1n) is 11.8. The molecule has 0 spiro atoms. The second-order valence-electron chi connectivity index (χ2n) is 8.05. The Balaban J connectivity index is 1.69. The maximum Gasteiger partial charge on any atom is 0.272 e. The van der Waals surface area contributed by atoms with Crippen molar-refractivity contribution in [3.63, 3.8) is 0 Å².